The number of rotatable bonds is 17. The van der Waals surface area contributed by atoms with E-state index in [9.17, 15) is 43.5 Å². The van der Waals surface area contributed by atoms with E-state index in [1.807, 2.05) is 13.8 Å². The summed E-state index contributed by atoms with van der Waals surface area (Å²) >= 11 is 0. The Morgan fingerprint density at radius 1 is 0.795 bits per heavy atom. The maximum absolute atomic E-state index is 13.1. The van der Waals surface area contributed by atoms with E-state index < -0.39 is 83.5 Å². The number of hydrogen-bond donors (Lipinski definition) is 6. The first-order valence-electron chi connectivity index (χ1n) is 13.7. The van der Waals surface area contributed by atoms with Crippen LogP contribution in [0.5, 0.6) is 0 Å². The molecule has 1 heterocycles. The number of nitrogens with zero attached hydrogens (tertiary/aromatic N) is 4. The quantitative estimate of drug-likeness (QED) is 0.112. The molecular formula is C26H40N8O10. The zero-order chi connectivity index (χ0) is 33.9. The average molecular weight is 625 g/mol. The van der Waals surface area contributed by atoms with Crippen molar-refractivity contribution in [3.63, 3.8) is 0 Å². The second kappa shape index (κ2) is 16.7. The van der Waals surface area contributed by atoms with Crippen LogP contribution < -0.4 is 21.3 Å². The highest BCUT2D eigenvalue weighted by Gasteiger charge is 2.31. The molecule has 6 N–H and O–H groups in total. The minimum atomic E-state index is -1.70. The minimum Gasteiger partial charge on any atom is -0.476 e. The number of aromatic carboxylic acids is 2. The zero-order valence-corrected chi connectivity index (χ0v) is 25.7. The molecular weight excluding hydrogens is 584 g/mol. The Morgan fingerprint density at radius 2 is 1.34 bits per heavy atom. The van der Waals surface area contributed by atoms with Gasteiger partial charge in [-0.2, -0.15) is 0 Å². The van der Waals surface area contributed by atoms with Gasteiger partial charge in [0, 0.05) is 27.4 Å². The van der Waals surface area contributed by atoms with Crippen molar-refractivity contribution < 1.29 is 48.6 Å². The van der Waals surface area contributed by atoms with Gasteiger partial charge in [-0.3, -0.25) is 28.8 Å². The number of carboxylic acids is 2. The predicted molar refractivity (Wildman–Crippen MR) is 151 cm³/mol. The van der Waals surface area contributed by atoms with Crippen molar-refractivity contribution in [2.45, 2.75) is 84.6 Å². The van der Waals surface area contributed by atoms with Gasteiger partial charge in [0.15, 0.2) is 11.5 Å². The van der Waals surface area contributed by atoms with Gasteiger partial charge in [-0.15, -0.1) is 5.10 Å². The molecule has 0 bridgehead atoms. The Morgan fingerprint density at radius 3 is 1.82 bits per heavy atom. The van der Waals surface area contributed by atoms with Crippen molar-refractivity contribution in [1.82, 2.24) is 41.2 Å². The second-order valence-corrected chi connectivity index (χ2v) is 10.8. The number of ketones is 1. The summed E-state index contributed by atoms with van der Waals surface area (Å²) in [7, 11) is 2.97. The molecule has 0 spiro atoms. The van der Waals surface area contributed by atoms with Gasteiger partial charge in [-0.05, 0) is 32.6 Å². The summed E-state index contributed by atoms with van der Waals surface area (Å²) in [4.78, 5) is 99.3. The molecule has 0 aliphatic rings. The molecule has 0 radical (unpaired) electrons. The Labute approximate surface area is 253 Å². The van der Waals surface area contributed by atoms with E-state index in [-0.39, 0.29) is 24.7 Å². The molecule has 1 aromatic rings. The zero-order valence-electron chi connectivity index (χ0n) is 25.7. The van der Waals surface area contributed by atoms with Gasteiger partial charge in [-0.1, -0.05) is 19.1 Å². The van der Waals surface area contributed by atoms with E-state index in [0.717, 1.165) is 0 Å². The van der Waals surface area contributed by atoms with Crippen LogP contribution >= 0.6 is 0 Å². The molecule has 0 unspecified atom stereocenters. The molecule has 244 valence electrons. The number of carbonyl (C=O) groups is 8. The molecule has 0 aliphatic heterocycles. The predicted octanol–water partition coefficient (Wildman–Crippen LogP) is -1.84. The van der Waals surface area contributed by atoms with Crippen LogP contribution in [-0.2, 0) is 35.3 Å². The van der Waals surface area contributed by atoms with Crippen LogP contribution in [0.3, 0.4) is 0 Å². The fourth-order valence-corrected chi connectivity index (χ4v) is 3.87. The lowest BCUT2D eigenvalue weighted by Gasteiger charge is -2.24. The Hall–Kier alpha value is -4.90. The lowest BCUT2D eigenvalue weighted by atomic mass is 10.0. The molecule has 1 rings (SSSR count). The smallest absolute Gasteiger partial charge is 0.359 e. The van der Waals surface area contributed by atoms with Gasteiger partial charge in [0.1, 0.15) is 24.7 Å². The number of Topliss-reactive ketones (excluding diaryl/α,β-unsaturated/α-hetero) is 1. The molecule has 1 aromatic heterocycles. The molecule has 18 heteroatoms. The van der Waals surface area contributed by atoms with Gasteiger partial charge in [0.2, 0.25) is 35.2 Å². The van der Waals surface area contributed by atoms with Gasteiger partial charge in [0.25, 0.3) is 0 Å². The summed E-state index contributed by atoms with van der Waals surface area (Å²) in [6.45, 7) is 6.87. The van der Waals surface area contributed by atoms with Crippen LogP contribution in [0.15, 0.2) is 0 Å². The summed E-state index contributed by atoms with van der Waals surface area (Å²) in [6.07, 6.45) is -0.0781. The van der Waals surface area contributed by atoms with E-state index in [2.05, 4.69) is 31.6 Å². The standard InChI is InChI=1S/C26H40N8O10/c1-12(2)10-17(29-15(5)35)24(40)28-13(3)22(38)27-14(4)23(39)30-16(8-9-19(37)33(6)7)18(36)11-34-21(26(43)44)20(25(41)42)31-32-34/h12-14,16-17H,8-11H2,1-7H3,(H,27,38)(H,28,40)(H,29,35)(H,30,39)(H,41,42)(H,43,44)/t13-,14-,16-,17-/m0/s1. The number of carboxylic acid groups (broad SMARTS) is 2. The van der Waals surface area contributed by atoms with Gasteiger partial charge in [0.05, 0.1) is 6.04 Å². The van der Waals surface area contributed by atoms with Gasteiger partial charge in [-0.25, -0.2) is 14.3 Å². The first-order chi connectivity index (χ1) is 20.3. The van der Waals surface area contributed by atoms with Crippen LogP contribution in [0.4, 0.5) is 0 Å². The molecule has 18 nitrogen and oxygen atoms in total. The number of nitrogens with one attached hydrogen (secondary N) is 4. The maximum atomic E-state index is 13.1. The highest BCUT2D eigenvalue weighted by molar-refractivity contribution is 5.99. The third kappa shape index (κ3) is 11.4. The van der Waals surface area contributed by atoms with Crippen LogP contribution in [0.25, 0.3) is 0 Å². The molecule has 0 aromatic carbocycles. The molecule has 5 amide bonds. The highest BCUT2D eigenvalue weighted by atomic mass is 16.4. The third-order valence-corrected chi connectivity index (χ3v) is 6.20. The summed E-state index contributed by atoms with van der Waals surface area (Å²) in [5, 5.41) is 35.1. The van der Waals surface area contributed by atoms with Gasteiger partial charge >= 0.3 is 11.9 Å². The SMILES string of the molecule is CC(=O)N[C@@H](CC(C)C)C(=O)N[C@@H](C)C(=O)N[C@@H](C)C(=O)N[C@@H](CCC(=O)N(C)C)C(=O)Cn1nnc(C(=O)O)c1C(=O)O. The Balaban J connectivity index is 3.02. The molecule has 0 aliphatic carbocycles. The molecule has 0 saturated carbocycles. The first-order valence-corrected chi connectivity index (χ1v) is 13.7. The van der Waals surface area contributed by atoms with Crippen molar-refractivity contribution in [2.24, 2.45) is 5.92 Å². The summed E-state index contributed by atoms with van der Waals surface area (Å²) < 4.78 is 0.560. The van der Waals surface area contributed by atoms with E-state index in [0.29, 0.717) is 11.1 Å². The lowest BCUT2D eigenvalue weighted by Crippen LogP contribution is -2.56. The van der Waals surface area contributed by atoms with Crippen molar-refractivity contribution >= 4 is 47.3 Å². The van der Waals surface area contributed by atoms with Crippen LogP contribution in [-0.4, -0.2) is 116 Å². The lowest BCUT2D eigenvalue weighted by molar-refractivity contribution is -0.134. The van der Waals surface area contributed by atoms with Crippen molar-refractivity contribution in [3.05, 3.63) is 11.4 Å². The molecule has 4 atom stereocenters. The van der Waals surface area contributed by atoms with Crippen LogP contribution in [0, 0.1) is 5.92 Å². The molecule has 0 fully saturated rings. The Bertz CT molecular complexity index is 1280. The van der Waals surface area contributed by atoms with E-state index >= 15 is 0 Å². The van der Waals surface area contributed by atoms with E-state index in [4.69, 9.17) is 5.11 Å². The van der Waals surface area contributed by atoms with Gasteiger partial charge < -0.3 is 36.4 Å². The van der Waals surface area contributed by atoms with Crippen molar-refractivity contribution in [3.8, 4) is 0 Å². The highest BCUT2D eigenvalue weighted by Crippen LogP contribution is 2.10. The summed E-state index contributed by atoms with van der Waals surface area (Å²) in [6, 6.07) is -4.58. The largest absolute Gasteiger partial charge is 0.476 e. The Kier molecular flexibility index (Phi) is 14.1. The minimum absolute atomic E-state index is 0.0635. The normalized spacial score (nSPS) is 13.5. The van der Waals surface area contributed by atoms with Crippen LogP contribution in [0.2, 0.25) is 0 Å². The number of aromatic nitrogens is 3. The monoisotopic (exact) mass is 624 g/mol. The second-order valence-electron chi connectivity index (χ2n) is 10.8. The molecule has 0 saturated heterocycles. The maximum Gasteiger partial charge on any atom is 0.359 e. The van der Waals surface area contributed by atoms with Crippen LogP contribution in [0.1, 0.15) is 74.9 Å². The van der Waals surface area contributed by atoms with Crippen molar-refractivity contribution in [2.75, 3.05) is 14.1 Å². The van der Waals surface area contributed by atoms with Crippen molar-refractivity contribution in [1.29, 1.82) is 0 Å². The summed E-state index contributed by atoms with van der Waals surface area (Å²) in [5.74, 6) is -7.11. The fourth-order valence-electron chi connectivity index (χ4n) is 3.87. The number of carbonyl (C=O) groups excluding carboxylic acids is 6. The van der Waals surface area contributed by atoms with E-state index in [1.165, 1.54) is 39.8 Å². The fraction of sp³-hybridized carbons (Fsp3) is 0.615. The number of hydrogen-bond acceptors (Lipinski definition) is 10. The third-order valence-electron chi connectivity index (χ3n) is 6.20. The van der Waals surface area contributed by atoms with E-state index in [1.54, 1.807) is 0 Å². The summed E-state index contributed by atoms with van der Waals surface area (Å²) in [5.41, 5.74) is -1.75. The topological polar surface area (TPSA) is 259 Å². The first kappa shape index (κ1) is 37.1. The molecule has 44 heavy (non-hydrogen) atoms. The average Bonchev–Trinajstić information content (AvgIpc) is 3.33. The number of amides is 5.